The number of hydrogen-bond donors (Lipinski definition) is 3. The van der Waals surface area contributed by atoms with Crippen LogP contribution in [-0.4, -0.2) is 21.8 Å². The normalized spacial score (nSPS) is 10.6. The molecule has 1 heterocycles. The van der Waals surface area contributed by atoms with E-state index in [9.17, 15) is 9.59 Å². The average molecular weight is 370 g/mol. The molecule has 0 aliphatic carbocycles. The van der Waals surface area contributed by atoms with Crippen molar-refractivity contribution in [2.24, 2.45) is 0 Å². The van der Waals surface area contributed by atoms with Gasteiger partial charge in [0, 0.05) is 5.56 Å². The van der Waals surface area contributed by atoms with E-state index in [4.69, 9.17) is 0 Å². The number of fused-ring (bicyclic) bond motifs is 1. The first kappa shape index (κ1) is 17.5. The molecule has 0 spiro atoms. The predicted octanol–water partition coefficient (Wildman–Crippen LogP) is 4.38. The summed E-state index contributed by atoms with van der Waals surface area (Å²) in [6, 6.07) is 21.7. The van der Waals surface area contributed by atoms with E-state index >= 15 is 0 Å². The van der Waals surface area contributed by atoms with Gasteiger partial charge in [-0.05, 0) is 43.3 Å². The Bertz CT molecular complexity index is 1150. The van der Waals surface area contributed by atoms with Crippen LogP contribution in [0.15, 0.2) is 72.8 Å². The summed E-state index contributed by atoms with van der Waals surface area (Å²) in [4.78, 5) is 32.7. The smallest absolute Gasteiger partial charge is 0.260 e. The molecule has 4 aromatic rings. The van der Waals surface area contributed by atoms with Crippen molar-refractivity contribution in [1.29, 1.82) is 0 Å². The third kappa shape index (κ3) is 3.61. The molecule has 1 aromatic heterocycles. The summed E-state index contributed by atoms with van der Waals surface area (Å²) >= 11 is 0. The Labute approximate surface area is 161 Å². The van der Waals surface area contributed by atoms with Crippen molar-refractivity contribution in [1.82, 2.24) is 9.97 Å². The standard InChI is InChI=1S/C22H18N4O2/c1-14-7-6-8-15(13-14)20(27)23-17-10-3-2-9-16(17)21(28)26-22-24-18-11-4-5-12-19(18)25-22/h2-13H,1H3,(H,23,27)(H2,24,25,26,28). The van der Waals surface area contributed by atoms with Crippen LogP contribution in [0.1, 0.15) is 26.3 Å². The van der Waals surface area contributed by atoms with Crippen molar-refractivity contribution in [2.75, 3.05) is 10.6 Å². The maximum Gasteiger partial charge on any atom is 0.260 e. The van der Waals surface area contributed by atoms with Crippen molar-refractivity contribution in [3.05, 3.63) is 89.5 Å². The van der Waals surface area contributed by atoms with Gasteiger partial charge in [0.25, 0.3) is 11.8 Å². The van der Waals surface area contributed by atoms with Crippen LogP contribution in [0.25, 0.3) is 11.0 Å². The summed E-state index contributed by atoms with van der Waals surface area (Å²) in [6.07, 6.45) is 0. The lowest BCUT2D eigenvalue weighted by Gasteiger charge is -2.11. The van der Waals surface area contributed by atoms with Crippen LogP contribution in [0.5, 0.6) is 0 Å². The van der Waals surface area contributed by atoms with Crippen LogP contribution in [-0.2, 0) is 0 Å². The molecule has 3 aromatic carbocycles. The number of benzene rings is 3. The number of rotatable bonds is 4. The lowest BCUT2D eigenvalue weighted by Crippen LogP contribution is -2.18. The van der Waals surface area contributed by atoms with Crippen LogP contribution in [0, 0.1) is 6.92 Å². The number of nitrogens with zero attached hydrogens (tertiary/aromatic N) is 1. The highest BCUT2D eigenvalue weighted by atomic mass is 16.2. The third-order valence-corrected chi connectivity index (χ3v) is 4.32. The molecule has 6 nitrogen and oxygen atoms in total. The minimum Gasteiger partial charge on any atom is -0.324 e. The Hall–Kier alpha value is -3.93. The Balaban J connectivity index is 1.56. The van der Waals surface area contributed by atoms with Crippen LogP contribution in [0.2, 0.25) is 0 Å². The Morgan fingerprint density at radius 3 is 2.46 bits per heavy atom. The fourth-order valence-electron chi connectivity index (χ4n) is 2.96. The van der Waals surface area contributed by atoms with Crippen LogP contribution < -0.4 is 10.6 Å². The molecule has 0 saturated heterocycles. The molecule has 4 rings (SSSR count). The van der Waals surface area contributed by atoms with E-state index in [1.54, 1.807) is 36.4 Å². The number of hydrogen-bond acceptors (Lipinski definition) is 3. The first-order chi connectivity index (χ1) is 13.6. The highest BCUT2D eigenvalue weighted by molar-refractivity contribution is 6.12. The van der Waals surface area contributed by atoms with Gasteiger partial charge in [-0.3, -0.25) is 14.9 Å². The van der Waals surface area contributed by atoms with Gasteiger partial charge in [-0.2, -0.15) is 0 Å². The van der Waals surface area contributed by atoms with Gasteiger partial charge in [0.15, 0.2) is 0 Å². The van der Waals surface area contributed by atoms with Crippen molar-refractivity contribution in [3.8, 4) is 0 Å². The van der Waals surface area contributed by atoms with E-state index in [1.807, 2.05) is 43.3 Å². The predicted molar refractivity (Wildman–Crippen MR) is 110 cm³/mol. The zero-order chi connectivity index (χ0) is 19.5. The van der Waals surface area contributed by atoms with Crippen molar-refractivity contribution < 1.29 is 9.59 Å². The van der Waals surface area contributed by atoms with E-state index < -0.39 is 0 Å². The number of aryl methyl sites for hydroxylation is 1. The summed E-state index contributed by atoms with van der Waals surface area (Å²) in [5.41, 5.74) is 3.90. The number of aromatic nitrogens is 2. The molecule has 0 aliphatic heterocycles. The largest absolute Gasteiger partial charge is 0.324 e. The van der Waals surface area contributed by atoms with E-state index in [0.29, 0.717) is 22.8 Å². The quantitative estimate of drug-likeness (QED) is 0.498. The molecular formula is C22H18N4O2. The molecule has 2 amide bonds. The topological polar surface area (TPSA) is 86.9 Å². The molecule has 0 atom stereocenters. The number of H-pyrrole nitrogens is 1. The van der Waals surface area contributed by atoms with Gasteiger partial charge >= 0.3 is 0 Å². The minimum absolute atomic E-state index is 0.271. The fourth-order valence-corrected chi connectivity index (χ4v) is 2.96. The molecular weight excluding hydrogens is 352 g/mol. The van der Waals surface area contributed by atoms with Crippen molar-refractivity contribution in [2.45, 2.75) is 6.92 Å². The summed E-state index contributed by atoms with van der Waals surface area (Å²) in [5, 5.41) is 5.57. The van der Waals surface area contributed by atoms with E-state index in [1.165, 1.54) is 0 Å². The summed E-state index contributed by atoms with van der Waals surface area (Å²) in [6.45, 7) is 1.92. The highest BCUT2D eigenvalue weighted by Gasteiger charge is 2.15. The first-order valence-electron chi connectivity index (χ1n) is 8.83. The van der Waals surface area contributed by atoms with Gasteiger partial charge in [0.1, 0.15) is 0 Å². The number of carbonyl (C=O) groups is 2. The maximum atomic E-state index is 12.8. The molecule has 6 heteroatoms. The molecule has 0 unspecified atom stereocenters. The molecule has 3 N–H and O–H groups in total. The van der Waals surface area contributed by atoms with Gasteiger partial charge in [0.05, 0.1) is 22.3 Å². The summed E-state index contributed by atoms with van der Waals surface area (Å²) in [7, 11) is 0. The zero-order valence-corrected chi connectivity index (χ0v) is 15.2. The molecule has 0 fully saturated rings. The Morgan fingerprint density at radius 1 is 0.857 bits per heavy atom. The van der Waals surface area contributed by atoms with Crippen LogP contribution >= 0.6 is 0 Å². The zero-order valence-electron chi connectivity index (χ0n) is 15.2. The van der Waals surface area contributed by atoms with Gasteiger partial charge in [0.2, 0.25) is 5.95 Å². The Morgan fingerprint density at radius 2 is 1.64 bits per heavy atom. The summed E-state index contributed by atoms with van der Waals surface area (Å²) < 4.78 is 0. The number of para-hydroxylation sites is 3. The fraction of sp³-hybridized carbons (Fsp3) is 0.0455. The minimum atomic E-state index is -0.362. The molecule has 0 radical (unpaired) electrons. The van der Waals surface area contributed by atoms with Crippen molar-refractivity contribution in [3.63, 3.8) is 0 Å². The second-order valence-corrected chi connectivity index (χ2v) is 6.43. The van der Waals surface area contributed by atoms with E-state index in [2.05, 4.69) is 20.6 Å². The second-order valence-electron chi connectivity index (χ2n) is 6.43. The molecule has 0 bridgehead atoms. The third-order valence-electron chi connectivity index (χ3n) is 4.32. The number of amides is 2. The number of aromatic amines is 1. The number of nitrogens with one attached hydrogen (secondary N) is 3. The SMILES string of the molecule is Cc1cccc(C(=O)Nc2ccccc2C(=O)Nc2nc3ccccc3[nH]2)c1. The molecule has 138 valence electrons. The lowest BCUT2D eigenvalue weighted by atomic mass is 10.1. The lowest BCUT2D eigenvalue weighted by molar-refractivity contribution is 0.102. The van der Waals surface area contributed by atoms with Crippen LogP contribution in [0.4, 0.5) is 11.6 Å². The average Bonchev–Trinajstić information content (AvgIpc) is 3.10. The maximum absolute atomic E-state index is 12.8. The number of imidazole rings is 1. The Kier molecular flexibility index (Phi) is 4.60. The molecule has 0 aliphatic rings. The van der Waals surface area contributed by atoms with Gasteiger partial charge in [-0.15, -0.1) is 0 Å². The van der Waals surface area contributed by atoms with E-state index in [0.717, 1.165) is 16.6 Å². The number of carbonyl (C=O) groups excluding carboxylic acids is 2. The number of anilines is 2. The van der Waals surface area contributed by atoms with Crippen LogP contribution in [0.3, 0.4) is 0 Å². The summed E-state index contributed by atoms with van der Waals surface area (Å²) in [5.74, 6) is -0.280. The molecule has 28 heavy (non-hydrogen) atoms. The van der Waals surface area contributed by atoms with Gasteiger partial charge in [-0.25, -0.2) is 4.98 Å². The van der Waals surface area contributed by atoms with E-state index in [-0.39, 0.29) is 11.8 Å². The molecule has 0 saturated carbocycles. The van der Waals surface area contributed by atoms with Crippen molar-refractivity contribution >= 4 is 34.5 Å². The van der Waals surface area contributed by atoms with Gasteiger partial charge in [-0.1, -0.05) is 42.0 Å². The second kappa shape index (κ2) is 7.36. The monoisotopic (exact) mass is 370 g/mol. The highest BCUT2D eigenvalue weighted by Crippen LogP contribution is 2.19. The first-order valence-corrected chi connectivity index (χ1v) is 8.83. The van der Waals surface area contributed by atoms with Gasteiger partial charge < -0.3 is 10.3 Å².